The molecular formula is C17H21N3O3S. The van der Waals surface area contributed by atoms with Gasteiger partial charge in [-0.05, 0) is 18.9 Å². The Balaban J connectivity index is 1.61. The molecule has 3 N–H and O–H groups in total. The highest BCUT2D eigenvalue weighted by atomic mass is 32.1. The molecule has 2 atom stereocenters. The molecule has 0 aromatic carbocycles. The van der Waals surface area contributed by atoms with E-state index in [0.29, 0.717) is 0 Å². The van der Waals surface area contributed by atoms with E-state index < -0.39 is 0 Å². The Kier molecular flexibility index (Phi) is 5.30. The zero-order valence-electron chi connectivity index (χ0n) is 13.4. The van der Waals surface area contributed by atoms with Crippen LogP contribution in [0.5, 0.6) is 0 Å². The maximum Gasteiger partial charge on any atom is 0.226 e. The number of furan rings is 1. The summed E-state index contributed by atoms with van der Waals surface area (Å²) in [5, 5.41) is 5.69. The molecule has 0 bridgehead atoms. The van der Waals surface area contributed by atoms with E-state index in [4.69, 9.17) is 10.2 Å². The van der Waals surface area contributed by atoms with Gasteiger partial charge in [0.25, 0.3) is 0 Å². The molecule has 2 aromatic heterocycles. The van der Waals surface area contributed by atoms with Crippen LogP contribution < -0.4 is 11.1 Å². The molecule has 0 saturated heterocycles. The highest BCUT2D eigenvalue weighted by Crippen LogP contribution is 2.25. The third-order valence-corrected chi connectivity index (χ3v) is 5.33. The predicted molar refractivity (Wildman–Crippen MR) is 91.2 cm³/mol. The van der Waals surface area contributed by atoms with Crippen LogP contribution >= 0.6 is 11.3 Å². The number of nitrogens with two attached hydrogens (primary N) is 1. The molecule has 0 radical (unpaired) electrons. The highest BCUT2D eigenvalue weighted by molar-refractivity contribution is 7.13. The van der Waals surface area contributed by atoms with Crippen LogP contribution in [0.2, 0.25) is 0 Å². The number of amides is 2. The number of hydrogen-bond donors (Lipinski definition) is 2. The first-order valence-corrected chi connectivity index (χ1v) is 9.07. The average Bonchev–Trinajstić information content (AvgIpc) is 3.16. The van der Waals surface area contributed by atoms with Gasteiger partial charge in [-0.3, -0.25) is 9.59 Å². The quantitative estimate of drug-likeness (QED) is 0.812. The van der Waals surface area contributed by atoms with Gasteiger partial charge in [-0.15, -0.1) is 11.3 Å². The molecule has 2 aromatic rings. The summed E-state index contributed by atoms with van der Waals surface area (Å²) in [4.78, 5) is 28.4. The van der Waals surface area contributed by atoms with Crippen LogP contribution in [-0.4, -0.2) is 22.8 Å². The fourth-order valence-electron chi connectivity index (χ4n) is 3.15. The van der Waals surface area contributed by atoms with Gasteiger partial charge >= 0.3 is 0 Å². The first kappa shape index (κ1) is 16.7. The predicted octanol–water partition coefficient (Wildman–Crippen LogP) is 2.50. The van der Waals surface area contributed by atoms with Crippen molar-refractivity contribution in [1.82, 2.24) is 10.3 Å². The lowest BCUT2D eigenvalue weighted by Crippen LogP contribution is -2.45. The Bertz CT molecular complexity index is 696. The van der Waals surface area contributed by atoms with Gasteiger partial charge in [-0.2, -0.15) is 0 Å². The number of aromatic nitrogens is 1. The van der Waals surface area contributed by atoms with E-state index in [1.54, 1.807) is 12.5 Å². The number of hydrogen-bond acceptors (Lipinski definition) is 5. The number of carbonyl (C=O) groups is 2. The van der Waals surface area contributed by atoms with Gasteiger partial charge in [0, 0.05) is 17.0 Å². The summed E-state index contributed by atoms with van der Waals surface area (Å²) in [6, 6.07) is 1.68. The van der Waals surface area contributed by atoms with Gasteiger partial charge < -0.3 is 15.5 Å². The standard InChI is InChI=1S/C17H21N3O3S/c18-16(22)13-4-2-1-3-5-14(13)20-15(21)8-12-10-24-17(19-12)11-6-7-23-9-11/h6-7,9-10,13-14H,1-5,8H2,(H2,18,22)(H,20,21)/t13-,14-/m1/s1. The molecule has 2 heterocycles. The lowest BCUT2D eigenvalue weighted by molar-refractivity contribution is -0.125. The van der Waals surface area contributed by atoms with E-state index >= 15 is 0 Å². The lowest BCUT2D eigenvalue weighted by atomic mass is 9.94. The molecule has 128 valence electrons. The second kappa shape index (κ2) is 7.61. The number of thiazole rings is 1. The van der Waals surface area contributed by atoms with Crippen molar-refractivity contribution in [2.75, 3.05) is 0 Å². The van der Waals surface area contributed by atoms with Crippen molar-refractivity contribution in [1.29, 1.82) is 0 Å². The summed E-state index contributed by atoms with van der Waals surface area (Å²) in [5.74, 6) is -0.705. The van der Waals surface area contributed by atoms with E-state index in [2.05, 4.69) is 10.3 Å². The van der Waals surface area contributed by atoms with Gasteiger partial charge in [0.2, 0.25) is 11.8 Å². The van der Waals surface area contributed by atoms with Crippen molar-refractivity contribution in [2.45, 2.75) is 44.6 Å². The van der Waals surface area contributed by atoms with Crippen molar-refractivity contribution in [3.63, 3.8) is 0 Å². The minimum atomic E-state index is -0.321. The maximum absolute atomic E-state index is 12.3. The minimum Gasteiger partial charge on any atom is -0.472 e. The number of rotatable bonds is 5. The molecule has 1 saturated carbocycles. The minimum absolute atomic E-state index is 0.114. The van der Waals surface area contributed by atoms with E-state index in [0.717, 1.165) is 48.4 Å². The topological polar surface area (TPSA) is 98.2 Å². The first-order chi connectivity index (χ1) is 11.6. The van der Waals surface area contributed by atoms with Crippen LogP contribution in [0.15, 0.2) is 28.4 Å². The van der Waals surface area contributed by atoms with E-state index in [9.17, 15) is 9.59 Å². The van der Waals surface area contributed by atoms with Crippen molar-refractivity contribution in [3.05, 3.63) is 29.7 Å². The Morgan fingerprint density at radius 3 is 2.92 bits per heavy atom. The van der Waals surface area contributed by atoms with Gasteiger partial charge in [0.15, 0.2) is 0 Å². The van der Waals surface area contributed by atoms with Crippen LogP contribution in [0.25, 0.3) is 10.6 Å². The van der Waals surface area contributed by atoms with Gasteiger partial charge in [0.1, 0.15) is 11.3 Å². The van der Waals surface area contributed by atoms with Crippen molar-refractivity contribution < 1.29 is 14.0 Å². The highest BCUT2D eigenvalue weighted by Gasteiger charge is 2.29. The molecule has 6 nitrogen and oxygen atoms in total. The normalized spacial score (nSPS) is 21.2. The first-order valence-electron chi connectivity index (χ1n) is 8.19. The van der Waals surface area contributed by atoms with Gasteiger partial charge in [-0.25, -0.2) is 4.98 Å². The van der Waals surface area contributed by atoms with Crippen LogP contribution in [0, 0.1) is 5.92 Å². The third kappa shape index (κ3) is 4.03. The average molecular weight is 347 g/mol. The van der Waals surface area contributed by atoms with Crippen molar-refractivity contribution in [3.8, 4) is 10.6 Å². The maximum atomic E-state index is 12.3. The molecule has 1 aliphatic carbocycles. The summed E-state index contributed by atoms with van der Waals surface area (Å²) >= 11 is 1.48. The fraction of sp³-hybridized carbons (Fsp3) is 0.471. The summed E-state index contributed by atoms with van der Waals surface area (Å²) < 4.78 is 5.05. The Hall–Kier alpha value is -2.15. The second-order valence-corrected chi connectivity index (χ2v) is 7.01. The molecule has 1 fully saturated rings. The smallest absolute Gasteiger partial charge is 0.226 e. The van der Waals surface area contributed by atoms with Crippen LogP contribution in [0.1, 0.15) is 37.8 Å². The summed E-state index contributed by atoms with van der Waals surface area (Å²) in [7, 11) is 0. The summed E-state index contributed by atoms with van der Waals surface area (Å²) in [6.07, 6.45) is 8.06. The fourth-order valence-corrected chi connectivity index (χ4v) is 3.96. The monoisotopic (exact) mass is 347 g/mol. The van der Waals surface area contributed by atoms with E-state index in [-0.39, 0.29) is 30.2 Å². The zero-order valence-corrected chi connectivity index (χ0v) is 14.2. The number of primary amides is 1. The Morgan fingerprint density at radius 2 is 2.17 bits per heavy atom. The molecule has 0 aliphatic heterocycles. The number of nitrogens with zero attached hydrogens (tertiary/aromatic N) is 1. The Morgan fingerprint density at radius 1 is 1.33 bits per heavy atom. The van der Waals surface area contributed by atoms with Gasteiger partial charge in [0.05, 0.1) is 24.3 Å². The van der Waals surface area contributed by atoms with Crippen molar-refractivity contribution >= 4 is 23.2 Å². The molecule has 24 heavy (non-hydrogen) atoms. The molecule has 0 unspecified atom stereocenters. The number of nitrogens with one attached hydrogen (secondary N) is 1. The second-order valence-electron chi connectivity index (χ2n) is 6.15. The molecule has 3 rings (SSSR count). The van der Waals surface area contributed by atoms with Crippen molar-refractivity contribution in [2.24, 2.45) is 11.7 Å². The zero-order chi connectivity index (χ0) is 16.9. The van der Waals surface area contributed by atoms with Gasteiger partial charge in [-0.1, -0.05) is 19.3 Å². The summed E-state index contributed by atoms with van der Waals surface area (Å²) in [6.45, 7) is 0. The molecule has 7 heteroatoms. The Labute approximate surface area is 144 Å². The van der Waals surface area contributed by atoms with Crippen LogP contribution in [0.3, 0.4) is 0 Å². The largest absolute Gasteiger partial charge is 0.472 e. The molecule has 2 amide bonds. The number of carbonyl (C=O) groups excluding carboxylic acids is 2. The molecule has 1 aliphatic rings. The third-order valence-electron chi connectivity index (χ3n) is 4.39. The summed E-state index contributed by atoms with van der Waals surface area (Å²) in [5.41, 5.74) is 7.13. The van der Waals surface area contributed by atoms with Crippen LogP contribution in [0.4, 0.5) is 0 Å². The lowest BCUT2D eigenvalue weighted by Gasteiger charge is -2.23. The van der Waals surface area contributed by atoms with E-state index in [1.165, 1.54) is 11.3 Å². The van der Waals surface area contributed by atoms with Crippen LogP contribution in [-0.2, 0) is 16.0 Å². The molecular weight excluding hydrogens is 326 g/mol. The molecule has 0 spiro atoms. The SMILES string of the molecule is NC(=O)[C@@H]1CCCCC[C@H]1NC(=O)Cc1csc(-c2ccoc2)n1. The van der Waals surface area contributed by atoms with E-state index in [1.807, 2.05) is 11.4 Å².